The molecule has 0 saturated heterocycles. The lowest BCUT2D eigenvalue weighted by Crippen LogP contribution is -2.14. The van der Waals surface area contributed by atoms with Crippen molar-refractivity contribution in [2.75, 3.05) is 0 Å². The van der Waals surface area contributed by atoms with E-state index in [9.17, 15) is 0 Å². The Kier molecular flexibility index (Phi) is 4.11. The Hall–Kier alpha value is -4.24. The fourth-order valence-corrected chi connectivity index (χ4v) is 5.95. The van der Waals surface area contributed by atoms with Crippen LogP contribution in [0.25, 0.3) is 50.3 Å². The largest absolute Gasteiger partial charge is 0.277 e. The maximum atomic E-state index is 5.25. The van der Waals surface area contributed by atoms with Crippen molar-refractivity contribution in [3.8, 4) is 28.5 Å². The van der Waals surface area contributed by atoms with E-state index in [0.29, 0.717) is 0 Å². The Morgan fingerprint density at radius 3 is 2.26 bits per heavy atom. The van der Waals surface area contributed by atoms with E-state index in [4.69, 9.17) is 9.97 Å². The van der Waals surface area contributed by atoms with Gasteiger partial charge >= 0.3 is 0 Å². The van der Waals surface area contributed by atoms with Crippen LogP contribution in [0.1, 0.15) is 30.5 Å². The normalized spacial score (nSPS) is 13.8. The Morgan fingerprint density at radius 1 is 0.686 bits per heavy atom. The molecular weight excluding hydrogens is 426 g/mol. The van der Waals surface area contributed by atoms with E-state index in [0.717, 1.165) is 28.1 Å². The first-order valence-electron chi connectivity index (χ1n) is 12.1. The summed E-state index contributed by atoms with van der Waals surface area (Å²) in [6.07, 6.45) is 0. The third-order valence-corrected chi connectivity index (χ3v) is 7.51. The number of nitrogens with zero attached hydrogens (tertiary/aromatic N) is 3. The third-order valence-electron chi connectivity index (χ3n) is 7.51. The minimum atomic E-state index is -0.109. The molecule has 4 aromatic carbocycles. The van der Waals surface area contributed by atoms with Crippen LogP contribution >= 0.6 is 0 Å². The first-order valence-corrected chi connectivity index (χ1v) is 12.1. The second-order valence-corrected chi connectivity index (χ2v) is 9.96. The van der Waals surface area contributed by atoms with Gasteiger partial charge in [-0.05, 0) is 29.7 Å². The van der Waals surface area contributed by atoms with Gasteiger partial charge in [-0.1, -0.05) is 105 Å². The van der Waals surface area contributed by atoms with Crippen LogP contribution in [0.3, 0.4) is 0 Å². The number of para-hydroxylation sites is 2. The number of aromatic nitrogens is 3. The number of hydrogen-bond donors (Lipinski definition) is 0. The molecule has 0 atom stereocenters. The van der Waals surface area contributed by atoms with E-state index < -0.39 is 0 Å². The Balaban J connectivity index is 1.66. The Morgan fingerprint density at radius 2 is 1.40 bits per heavy atom. The molecule has 35 heavy (non-hydrogen) atoms. The summed E-state index contributed by atoms with van der Waals surface area (Å²) in [5, 5.41) is 2.34. The molecule has 0 N–H and O–H groups in total. The third kappa shape index (κ3) is 2.72. The summed E-state index contributed by atoms with van der Waals surface area (Å²) in [5.41, 5.74) is 10.5. The first kappa shape index (κ1) is 20.2. The van der Waals surface area contributed by atoms with E-state index in [1.54, 1.807) is 0 Å². The molecule has 7 rings (SSSR count). The number of rotatable bonds is 2. The molecule has 0 saturated carbocycles. The zero-order valence-electron chi connectivity index (χ0n) is 20.1. The number of hydrogen-bond acceptors (Lipinski definition) is 2. The smallest absolute Gasteiger partial charge is 0.235 e. The second-order valence-electron chi connectivity index (χ2n) is 9.96. The quantitative estimate of drug-likeness (QED) is 0.268. The molecule has 0 fully saturated rings. The second kappa shape index (κ2) is 7.13. The molecule has 3 nitrogen and oxygen atoms in total. The lowest BCUT2D eigenvalue weighted by atomic mass is 9.81. The van der Waals surface area contributed by atoms with E-state index >= 15 is 0 Å². The van der Waals surface area contributed by atoms with Crippen molar-refractivity contribution in [2.24, 2.45) is 0 Å². The van der Waals surface area contributed by atoms with E-state index in [-0.39, 0.29) is 5.41 Å². The monoisotopic (exact) mass is 451 g/mol. The van der Waals surface area contributed by atoms with Crippen LogP contribution < -0.4 is 0 Å². The molecule has 0 spiro atoms. The van der Waals surface area contributed by atoms with Gasteiger partial charge < -0.3 is 0 Å². The summed E-state index contributed by atoms with van der Waals surface area (Å²) >= 11 is 0. The number of aryl methyl sites for hydroxylation is 1. The highest BCUT2D eigenvalue weighted by atomic mass is 15.2. The Bertz CT molecular complexity index is 1770. The standard InChI is InChI=1S/C32H25N3/c1-20-12-11-17-24-27-30(22-15-7-9-18-25(22)32(27,2)3)35(29(20)24)31-33-26-19-10-8-16-23(26)28(34-31)21-13-5-4-6-14-21/h4-19H,1-3H3. The summed E-state index contributed by atoms with van der Waals surface area (Å²) in [5.74, 6) is 0.718. The van der Waals surface area contributed by atoms with Crippen molar-refractivity contribution in [3.05, 3.63) is 114 Å². The van der Waals surface area contributed by atoms with Crippen molar-refractivity contribution in [1.29, 1.82) is 0 Å². The van der Waals surface area contributed by atoms with Crippen molar-refractivity contribution in [1.82, 2.24) is 14.5 Å². The molecule has 2 aromatic heterocycles. The summed E-state index contributed by atoms with van der Waals surface area (Å²) in [6, 6.07) is 34.1. The van der Waals surface area contributed by atoms with Gasteiger partial charge in [0.2, 0.25) is 5.95 Å². The lowest BCUT2D eigenvalue weighted by molar-refractivity contribution is 0.666. The predicted octanol–water partition coefficient (Wildman–Crippen LogP) is 7.86. The summed E-state index contributed by atoms with van der Waals surface area (Å²) in [4.78, 5) is 10.4. The SMILES string of the molecule is Cc1cccc2c3c(n(-c4nc(-c5ccccc5)c5ccccc5n4)c12)-c1ccccc1C3(C)C. The molecule has 1 aliphatic carbocycles. The van der Waals surface area contributed by atoms with Gasteiger partial charge in [-0.2, -0.15) is 0 Å². The van der Waals surface area contributed by atoms with Crippen molar-refractivity contribution in [2.45, 2.75) is 26.2 Å². The molecule has 0 amide bonds. The van der Waals surface area contributed by atoms with Crippen LogP contribution in [0.2, 0.25) is 0 Å². The molecule has 0 bridgehead atoms. The predicted molar refractivity (Wildman–Crippen MR) is 144 cm³/mol. The highest BCUT2D eigenvalue weighted by molar-refractivity contribution is 6.01. The van der Waals surface area contributed by atoms with Gasteiger partial charge in [0.1, 0.15) is 0 Å². The maximum absolute atomic E-state index is 5.25. The van der Waals surface area contributed by atoms with Crippen LogP contribution in [-0.2, 0) is 5.41 Å². The van der Waals surface area contributed by atoms with Crippen molar-refractivity contribution in [3.63, 3.8) is 0 Å². The summed E-state index contributed by atoms with van der Waals surface area (Å²) < 4.78 is 2.31. The first-order chi connectivity index (χ1) is 17.1. The summed E-state index contributed by atoms with van der Waals surface area (Å²) in [6.45, 7) is 6.85. The van der Waals surface area contributed by atoms with Crippen LogP contribution in [-0.4, -0.2) is 14.5 Å². The van der Waals surface area contributed by atoms with Crippen LogP contribution in [0.15, 0.2) is 97.1 Å². The average molecular weight is 452 g/mol. The van der Waals surface area contributed by atoms with Crippen LogP contribution in [0, 0.1) is 6.92 Å². The zero-order chi connectivity index (χ0) is 23.7. The van der Waals surface area contributed by atoms with Gasteiger partial charge in [-0.3, -0.25) is 4.57 Å². The lowest BCUT2D eigenvalue weighted by Gasteiger charge is -2.21. The fraction of sp³-hybridized carbons (Fsp3) is 0.125. The van der Waals surface area contributed by atoms with Gasteiger partial charge in [-0.15, -0.1) is 0 Å². The van der Waals surface area contributed by atoms with E-state index in [2.05, 4.69) is 116 Å². The minimum Gasteiger partial charge on any atom is -0.277 e. The highest BCUT2D eigenvalue weighted by Gasteiger charge is 2.41. The Labute approximate surface area is 204 Å². The van der Waals surface area contributed by atoms with Gasteiger partial charge in [0.15, 0.2) is 0 Å². The molecule has 2 heterocycles. The molecular formula is C32H25N3. The van der Waals surface area contributed by atoms with Gasteiger partial charge in [0, 0.05) is 27.3 Å². The minimum absolute atomic E-state index is 0.109. The van der Waals surface area contributed by atoms with E-state index in [1.807, 2.05) is 6.07 Å². The number of fused-ring (bicyclic) bond motifs is 6. The van der Waals surface area contributed by atoms with Crippen molar-refractivity contribution < 1.29 is 0 Å². The topological polar surface area (TPSA) is 30.7 Å². The van der Waals surface area contributed by atoms with Crippen LogP contribution in [0.4, 0.5) is 0 Å². The van der Waals surface area contributed by atoms with Crippen molar-refractivity contribution >= 4 is 21.8 Å². The number of benzene rings is 4. The molecule has 6 aromatic rings. The van der Waals surface area contributed by atoms with Gasteiger partial charge in [-0.25, -0.2) is 9.97 Å². The maximum Gasteiger partial charge on any atom is 0.235 e. The average Bonchev–Trinajstić information content (AvgIpc) is 3.36. The zero-order valence-corrected chi connectivity index (χ0v) is 20.1. The molecule has 0 unspecified atom stereocenters. The molecule has 0 aliphatic heterocycles. The van der Waals surface area contributed by atoms with Gasteiger partial charge in [0.25, 0.3) is 0 Å². The molecule has 3 heteroatoms. The highest BCUT2D eigenvalue weighted by Crippen LogP contribution is 2.53. The van der Waals surface area contributed by atoms with Gasteiger partial charge in [0.05, 0.1) is 22.4 Å². The molecule has 1 aliphatic rings. The molecule has 168 valence electrons. The fourth-order valence-electron chi connectivity index (χ4n) is 5.95. The molecule has 0 radical (unpaired) electrons. The van der Waals surface area contributed by atoms with Crippen LogP contribution in [0.5, 0.6) is 0 Å². The van der Waals surface area contributed by atoms with E-state index in [1.165, 1.54) is 38.9 Å². The summed E-state index contributed by atoms with van der Waals surface area (Å²) in [7, 11) is 0.